The van der Waals surface area contributed by atoms with Gasteiger partial charge in [-0.2, -0.15) is 0 Å². The van der Waals surface area contributed by atoms with Gasteiger partial charge in [-0.05, 0) is 37.0 Å². The second-order valence-electron chi connectivity index (χ2n) is 3.59. The summed E-state index contributed by atoms with van der Waals surface area (Å²) >= 11 is 0. The molecule has 0 radical (unpaired) electrons. The molecular weight excluding hydrogens is 146 g/mol. The van der Waals surface area contributed by atoms with E-state index >= 15 is 0 Å². The molecule has 12 heavy (non-hydrogen) atoms. The van der Waals surface area contributed by atoms with E-state index in [0.717, 1.165) is 6.42 Å². The topological polar surface area (TPSA) is 12.0 Å². The van der Waals surface area contributed by atoms with Crippen molar-refractivity contribution in [3.05, 3.63) is 29.3 Å². The lowest BCUT2D eigenvalue weighted by atomic mass is 10.1. The molecule has 0 bridgehead atoms. The number of aryl methyl sites for hydroxylation is 1. The monoisotopic (exact) mass is 161 g/mol. The molecule has 0 aliphatic carbocycles. The third-order valence-corrected chi connectivity index (χ3v) is 2.51. The van der Waals surface area contributed by atoms with Gasteiger partial charge in [-0.15, -0.1) is 0 Å². The molecule has 0 amide bonds. The fourth-order valence-electron chi connectivity index (χ4n) is 1.82. The van der Waals surface area contributed by atoms with Gasteiger partial charge < -0.3 is 5.32 Å². The van der Waals surface area contributed by atoms with Crippen molar-refractivity contribution >= 4 is 5.69 Å². The average molecular weight is 161 g/mol. The van der Waals surface area contributed by atoms with E-state index < -0.39 is 0 Å². The van der Waals surface area contributed by atoms with E-state index in [4.69, 9.17) is 0 Å². The lowest BCUT2D eigenvalue weighted by molar-refractivity contribution is 0.838. The Morgan fingerprint density at radius 1 is 1.50 bits per heavy atom. The van der Waals surface area contributed by atoms with Crippen LogP contribution in [0.15, 0.2) is 18.2 Å². The highest BCUT2D eigenvalue weighted by Gasteiger charge is 2.15. The first-order valence-corrected chi connectivity index (χ1v) is 4.68. The Morgan fingerprint density at radius 2 is 2.33 bits per heavy atom. The van der Waals surface area contributed by atoms with Gasteiger partial charge in [0.25, 0.3) is 0 Å². The molecule has 1 aliphatic rings. The van der Waals surface area contributed by atoms with E-state index in [1.54, 1.807) is 0 Å². The van der Waals surface area contributed by atoms with Crippen LogP contribution in [0.3, 0.4) is 0 Å². The number of fused-ring (bicyclic) bond motifs is 1. The minimum absolute atomic E-state index is 0.618. The van der Waals surface area contributed by atoms with E-state index in [1.807, 2.05) is 0 Å². The van der Waals surface area contributed by atoms with E-state index in [0.29, 0.717) is 6.04 Å². The largest absolute Gasteiger partial charge is 0.382 e. The van der Waals surface area contributed by atoms with Gasteiger partial charge in [0.15, 0.2) is 0 Å². The zero-order valence-corrected chi connectivity index (χ0v) is 7.72. The van der Waals surface area contributed by atoms with Crippen molar-refractivity contribution in [1.82, 2.24) is 0 Å². The molecule has 1 N–H and O–H groups in total. The van der Waals surface area contributed by atoms with Crippen molar-refractivity contribution in [3.63, 3.8) is 0 Å². The SMILES string of the molecule is CCc1ccc2c(c1)C[C@H](C)N2. The minimum atomic E-state index is 0.618. The molecule has 0 fully saturated rings. The van der Waals surface area contributed by atoms with Gasteiger partial charge in [-0.1, -0.05) is 19.1 Å². The number of rotatable bonds is 1. The molecule has 1 aliphatic heterocycles. The predicted octanol–water partition coefficient (Wildman–Crippen LogP) is 2.61. The smallest absolute Gasteiger partial charge is 0.0375 e. The van der Waals surface area contributed by atoms with Crippen LogP contribution in [0.2, 0.25) is 0 Å². The van der Waals surface area contributed by atoms with Crippen LogP contribution in [0.25, 0.3) is 0 Å². The Morgan fingerprint density at radius 3 is 3.08 bits per heavy atom. The molecule has 1 heteroatoms. The molecule has 1 atom stereocenters. The summed E-state index contributed by atoms with van der Waals surface area (Å²) in [6, 6.07) is 7.36. The van der Waals surface area contributed by atoms with Gasteiger partial charge in [0, 0.05) is 11.7 Å². The highest BCUT2D eigenvalue weighted by Crippen LogP contribution is 2.26. The van der Waals surface area contributed by atoms with Crippen LogP contribution in [0.5, 0.6) is 0 Å². The minimum Gasteiger partial charge on any atom is -0.382 e. The Labute approximate surface area is 73.8 Å². The van der Waals surface area contributed by atoms with Crippen molar-refractivity contribution in [2.24, 2.45) is 0 Å². The van der Waals surface area contributed by atoms with E-state index in [1.165, 1.54) is 23.2 Å². The first-order valence-electron chi connectivity index (χ1n) is 4.68. The summed E-state index contributed by atoms with van der Waals surface area (Å²) in [6.07, 6.45) is 2.32. The number of nitrogens with one attached hydrogen (secondary N) is 1. The highest BCUT2D eigenvalue weighted by atomic mass is 14.9. The van der Waals surface area contributed by atoms with Crippen LogP contribution in [0.4, 0.5) is 5.69 Å². The summed E-state index contributed by atoms with van der Waals surface area (Å²) in [4.78, 5) is 0. The highest BCUT2D eigenvalue weighted by molar-refractivity contribution is 5.57. The number of anilines is 1. The van der Waals surface area contributed by atoms with Crippen LogP contribution < -0.4 is 5.32 Å². The molecule has 64 valence electrons. The van der Waals surface area contributed by atoms with E-state index in [2.05, 4.69) is 37.4 Å². The van der Waals surface area contributed by atoms with Crippen molar-refractivity contribution in [3.8, 4) is 0 Å². The van der Waals surface area contributed by atoms with Gasteiger partial charge in [-0.3, -0.25) is 0 Å². The molecule has 0 saturated carbocycles. The molecule has 1 aromatic rings. The number of benzene rings is 1. The second-order valence-corrected chi connectivity index (χ2v) is 3.59. The third-order valence-electron chi connectivity index (χ3n) is 2.51. The summed E-state index contributed by atoms with van der Waals surface area (Å²) in [5.74, 6) is 0. The van der Waals surface area contributed by atoms with Crippen molar-refractivity contribution in [2.75, 3.05) is 5.32 Å². The summed E-state index contributed by atoms with van der Waals surface area (Å²) in [5.41, 5.74) is 4.27. The standard InChI is InChI=1S/C11H15N/c1-3-9-4-5-11-10(7-9)6-8(2)12-11/h4-5,7-8,12H,3,6H2,1-2H3/t8-/m0/s1. The van der Waals surface area contributed by atoms with E-state index in [-0.39, 0.29) is 0 Å². The Kier molecular flexibility index (Phi) is 1.80. The molecular formula is C11H15N. The molecule has 1 nitrogen and oxygen atoms in total. The van der Waals surface area contributed by atoms with Gasteiger partial charge in [0.1, 0.15) is 0 Å². The molecule has 1 heterocycles. The molecule has 2 rings (SSSR count). The van der Waals surface area contributed by atoms with Crippen LogP contribution in [-0.2, 0) is 12.8 Å². The van der Waals surface area contributed by atoms with Gasteiger partial charge >= 0.3 is 0 Å². The number of hydrogen-bond donors (Lipinski definition) is 1. The molecule has 0 unspecified atom stereocenters. The van der Waals surface area contributed by atoms with Gasteiger partial charge in [0.05, 0.1) is 0 Å². The Hall–Kier alpha value is -0.980. The van der Waals surface area contributed by atoms with Crippen LogP contribution in [0.1, 0.15) is 25.0 Å². The zero-order valence-electron chi connectivity index (χ0n) is 7.72. The Bertz CT molecular complexity index is 291. The third kappa shape index (κ3) is 1.20. The fraction of sp³-hybridized carbons (Fsp3) is 0.455. The summed E-state index contributed by atoms with van der Waals surface area (Å²) in [6.45, 7) is 4.43. The molecule has 1 aromatic carbocycles. The maximum absolute atomic E-state index is 3.45. The van der Waals surface area contributed by atoms with Crippen molar-refractivity contribution in [1.29, 1.82) is 0 Å². The maximum atomic E-state index is 3.45. The first kappa shape index (κ1) is 7.66. The average Bonchev–Trinajstić information content (AvgIpc) is 2.43. The van der Waals surface area contributed by atoms with Gasteiger partial charge in [0.2, 0.25) is 0 Å². The molecule has 0 aromatic heterocycles. The summed E-state index contributed by atoms with van der Waals surface area (Å²) < 4.78 is 0. The van der Waals surface area contributed by atoms with Crippen LogP contribution >= 0.6 is 0 Å². The van der Waals surface area contributed by atoms with E-state index in [9.17, 15) is 0 Å². The normalized spacial score (nSPS) is 20.3. The summed E-state index contributed by atoms with van der Waals surface area (Å²) in [7, 11) is 0. The molecule has 0 spiro atoms. The fourth-order valence-corrected chi connectivity index (χ4v) is 1.82. The lowest BCUT2D eigenvalue weighted by Gasteiger charge is -2.02. The van der Waals surface area contributed by atoms with Crippen molar-refractivity contribution < 1.29 is 0 Å². The second kappa shape index (κ2) is 2.81. The Balaban J connectivity index is 2.35. The maximum Gasteiger partial charge on any atom is 0.0375 e. The van der Waals surface area contributed by atoms with Gasteiger partial charge in [-0.25, -0.2) is 0 Å². The lowest BCUT2D eigenvalue weighted by Crippen LogP contribution is -2.08. The first-order chi connectivity index (χ1) is 5.79. The number of hydrogen-bond acceptors (Lipinski definition) is 1. The zero-order chi connectivity index (χ0) is 8.55. The van der Waals surface area contributed by atoms with Crippen LogP contribution in [-0.4, -0.2) is 6.04 Å². The summed E-state index contributed by atoms with van der Waals surface area (Å²) in [5, 5.41) is 3.45. The van der Waals surface area contributed by atoms with Crippen molar-refractivity contribution in [2.45, 2.75) is 32.7 Å². The quantitative estimate of drug-likeness (QED) is 0.667. The predicted molar refractivity (Wildman–Crippen MR) is 52.6 cm³/mol. The molecule has 0 saturated heterocycles. The van der Waals surface area contributed by atoms with Crippen LogP contribution in [0, 0.1) is 0 Å².